The summed E-state index contributed by atoms with van der Waals surface area (Å²) in [6.45, 7) is 6.19. The largest absolute Gasteiger partial charge is 0.378 e. The lowest BCUT2D eigenvalue weighted by atomic mass is 9.90. The number of rotatable bonds is 5. The van der Waals surface area contributed by atoms with E-state index in [9.17, 15) is 0 Å². The van der Waals surface area contributed by atoms with E-state index in [1.807, 2.05) is 0 Å². The molecule has 0 aliphatic carbocycles. The first-order valence-corrected chi connectivity index (χ1v) is 8.45. The summed E-state index contributed by atoms with van der Waals surface area (Å²) in [5.74, 6) is 0.552. The van der Waals surface area contributed by atoms with Crippen LogP contribution in [0.1, 0.15) is 37.6 Å². The summed E-state index contributed by atoms with van der Waals surface area (Å²) in [5.41, 5.74) is 0. The average Bonchev–Trinajstić information content (AvgIpc) is 2.94. The standard InChI is InChI=1S/C13H19BrClNOS/c1-3-10-8(5-6-17-10)12(16-4-2)11-7-9(15)13(14)18-11/h7-8,10,12,16H,3-6H2,1-2H3. The molecule has 1 aliphatic heterocycles. The highest BCUT2D eigenvalue weighted by Crippen LogP contribution is 2.41. The van der Waals surface area contributed by atoms with Crippen molar-refractivity contribution >= 4 is 38.9 Å². The van der Waals surface area contributed by atoms with Crippen LogP contribution < -0.4 is 5.32 Å². The Hall–Kier alpha value is 0.390. The van der Waals surface area contributed by atoms with Crippen molar-refractivity contribution in [2.45, 2.75) is 38.8 Å². The smallest absolute Gasteiger partial charge is 0.0887 e. The molecule has 0 spiro atoms. The highest BCUT2D eigenvalue weighted by atomic mass is 79.9. The molecule has 0 aromatic carbocycles. The molecule has 5 heteroatoms. The van der Waals surface area contributed by atoms with Crippen LogP contribution in [0.2, 0.25) is 5.02 Å². The lowest BCUT2D eigenvalue weighted by Crippen LogP contribution is -2.32. The SMILES string of the molecule is CCNC(c1cc(Cl)c(Br)s1)C1CCOC1CC. The van der Waals surface area contributed by atoms with Crippen LogP contribution >= 0.6 is 38.9 Å². The van der Waals surface area contributed by atoms with Crippen LogP contribution in [0.25, 0.3) is 0 Å². The molecule has 2 rings (SSSR count). The van der Waals surface area contributed by atoms with Gasteiger partial charge in [0.05, 0.1) is 14.9 Å². The van der Waals surface area contributed by atoms with Crippen molar-refractivity contribution in [1.29, 1.82) is 0 Å². The highest BCUT2D eigenvalue weighted by molar-refractivity contribution is 9.11. The van der Waals surface area contributed by atoms with Crippen molar-refractivity contribution in [3.05, 3.63) is 19.8 Å². The number of thiophene rings is 1. The Morgan fingerprint density at radius 3 is 2.94 bits per heavy atom. The highest BCUT2D eigenvalue weighted by Gasteiger charge is 2.35. The predicted octanol–water partition coefficient (Wildman–Crippen LogP) is 4.63. The third-order valence-electron chi connectivity index (χ3n) is 3.49. The molecule has 1 aliphatic rings. The van der Waals surface area contributed by atoms with Gasteiger partial charge in [0.1, 0.15) is 0 Å². The number of hydrogen-bond donors (Lipinski definition) is 1. The summed E-state index contributed by atoms with van der Waals surface area (Å²) >= 11 is 11.4. The molecule has 1 aromatic rings. The molecule has 0 bridgehead atoms. The van der Waals surface area contributed by atoms with E-state index >= 15 is 0 Å². The summed E-state index contributed by atoms with van der Waals surface area (Å²) in [4.78, 5) is 1.31. The van der Waals surface area contributed by atoms with E-state index in [-0.39, 0.29) is 0 Å². The van der Waals surface area contributed by atoms with Gasteiger partial charge in [-0.3, -0.25) is 0 Å². The summed E-state index contributed by atoms with van der Waals surface area (Å²) in [6, 6.07) is 2.44. The van der Waals surface area contributed by atoms with Crippen molar-refractivity contribution in [2.75, 3.05) is 13.2 Å². The second-order valence-electron chi connectivity index (χ2n) is 4.58. The fraction of sp³-hybridized carbons (Fsp3) is 0.692. The quantitative estimate of drug-likeness (QED) is 0.834. The van der Waals surface area contributed by atoms with Gasteiger partial charge in [-0.2, -0.15) is 0 Å². The maximum absolute atomic E-state index is 6.16. The molecule has 0 amide bonds. The van der Waals surface area contributed by atoms with Gasteiger partial charge >= 0.3 is 0 Å². The molecule has 3 unspecified atom stereocenters. The fourth-order valence-electron chi connectivity index (χ4n) is 2.67. The Kier molecular flexibility index (Phi) is 5.51. The van der Waals surface area contributed by atoms with Gasteiger partial charge in [-0.05, 0) is 41.4 Å². The summed E-state index contributed by atoms with van der Waals surface area (Å²) in [6.07, 6.45) is 2.57. The van der Waals surface area contributed by atoms with Gasteiger partial charge < -0.3 is 10.1 Å². The predicted molar refractivity (Wildman–Crippen MR) is 81.6 cm³/mol. The van der Waals surface area contributed by atoms with Gasteiger partial charge in [0.2, 0.25) is 0 Å². The minimum Gasteiger partial charge on any atom is -0.378 e. The van der Waals surface area contributed by atoms with Crippen molar-refractivity contribution in [1.82, 2.24) is 5.32 Å². The van der Waals surface area contributed by atoms with Crippen molar-refractivity contribution < 1.29 is 4.74 Å². The minimum absolute atomic E-state index is 0.358. The Morgan fingerprint density at radius 1 is 1.61 bits per heavy atom. The Bertz CT molecular complexity index is 379. The maximum atomic E-state index is 6.16. The third-order valence-corrected chi connectivity index (χ3v) is 6.04. The van der Waals surface area contributed by atoms with E-state index in [0.29, 0.717) is 18.1 Å². The van der Waals surface area contributed by atoms with Crippen LogP contribution in [-0.2, 0) is 4.74 Å². The summed E-state index contributed by atoms with van der Waals surface area (Å²) < 4.78 is 6.84. The molecule has 0 saturated carbocycles. The molecular weight excluding hydrogens is 334 g/mol. The van der Waals surface area contributed by atoms with Crippen molar-refractivity contribution in [3.8, 4) is 0 Å². The monoisotopic (exact) mass is 351 g/mol. The van der Waals surface area contributed by atoms with Gasteiger partial charge in [0.15, 0.2) is 0 Å². The van der Waals surface area contributed by atoms with E-state index in [1.54, 1.807) is 11.3 Å². The van der Waals surface area contributed by atoms with Crippen LogP contribution in [0.4, 0.5) is 0 Å². The molecule has 1 saturated heterocycles. The molecule has 3 atom stereocenters. The van der Waals surface area contributed by atoms with Crippen LogP contribution in [-0.4, -0.2) is 19.3 Å². The van der Waals surface area contributed by atoms with Gasteiger partial charge in [0.25, 0.3) is 0 Å². The minimum atomic E-state index is 0.358. The molecule has 102 valence electrons. The number of ether oxygens (including phenoxy) is 1. The van der Waals surface area contributed by atoms with E-state index in [1.165, 1.54) is 4.88 Å². The fourth-order valence-corrected chi connectivity index (χ4v) is 4.56. The van der Waals surface area contributed by atoms with Crippen LogP contribution in [0.3, 0.4) is 0 Å². The van der Waals surface area contributed by atoms with E-state index in [2.05, 4.69) is 41.2 Å². The molecule has 1 N–H and O–H groups in total. The maximum Gasteiger partial charge on any atom is 0.0887 e. The van der Waals surface area contributed by atoms with Crippen LogP contribution in [0.5, 0.6) is 0 Å². The second kappa shape index (κ2) is 6.71. The third kappa shape index (κ3) is 3.10. The van der Waals surface area contributed by atoms with Gasteiger partial charge in [0, 0.05) is 23.4 Å². The van der Waals surface area contributed by atoms with Gasteiger partial charge in [-0.25, -0.2) is 0 Å². The normalized spacial score (nSPS) is 25.6. The molecule has 1 aromatic heterocycles. The number of nitrogens with one attached hydrogen (secondary N) is 1. The Labute approximate surface area is 126 Å². The first-order valence-electron chi connectivity index (χ1n) is 6.47. The van der Waals surface area contributed by atoms with E-state index < -0.39 is 0 Å². The lowest BCUT2D eigenvalue weighted by Gasteiger charge is -2.27. The lowest BCUT2D eigenvalue weighted by molar-refractivity contribution is 0.0779. The molecule has 0 radical (unpaired) electrons. The number of halogens is 2. The van der Waals surface area contributed by atoms with Gasteiger partial charge in [-0.15, -0.1) is 11.3 Å². The molecule has 18 heavy (non-hydrogen) atoms. The summed E-state index contributed by atoms with van der Waals surface area (Å²) in [7, 11) is 0. The molecular formula is C13H19BrClNOS. The zero-order chi connectivity index (χ0) is 13.1. The Balaban J connectivity index is 2.21. The second-order valence-corrected chi connectivity index (χ2v) is 7.38. The average molecular weight is 353 g/mol. The van der Waals surface area contributed by atoms with E-state index in [0.717, 1.165) is 34.8 Å². The zero-order valence-electron chi connectivity index (χ0n) is 10.7. The van der Waals surface area contributed by atoms with Crippen LogP contribution in [0, 0.1) is 5.92 Å². The summed E-state index contributed by atoms with van der Waals surface area (Å²) in [5, 5.41) is 4.41. The van der Waals surface area contributed by atoms with Crippen molar-refractivity contribution in [2.24, 2.45) is 5.92 Å². The topological polar surface area (TPSA) is 21.3 Å². The van der Waals surface area contributed by atoms with E-state index in [4.69, 9.17) is 16.3 Å². The Morgan fingerprint density at radius 2 is 2.39 bits per heavy atom. The van der Waals surface area contributed by atoms with Crippen molar-refractivity contribution in [3.63, 3.8) is 0 Å². The first kappa shape index (κ1) is 14.8. The van der Waals surface area contributed by atoms with Gasteiger partial charge in [-0.1, -0.05) is 25.4 Å². The molecule has 1 fully saturated rings. The first-order chi connectivity index (χ1) is 8.67. The molecule has 2 heterocycles. The zero-order valence-corrected chi connectivity index (χ0v) is 13.9. The number of hydrogen-bond acceptors (Lipinski definition) is 3. The van der Waals surface area contributed by atoms with Crippen LogP contribution in [0.15, 0.2) is 9.85 Å². The molecule has 2 nitrogen and oxygen atoms in total.